The minimum absolute atomic E-state index is 0.00191. The standard InChI is InChI=1S/C19H33NO2/c1-8-12-17(21)22-16-14-18(6,10-3)20(13-9-2)19(7,11-4)15(16)5/h8-9,12,15-16H,2,10-11,13-14H2,1,3-7H3. The van der Waals surface area contributed by atoms with Crippen molar-refractivity contribution in [2.24, 2.45) is 5.92 Å². The number of ether oxygens (including phenoxy) is 1. The number of hydrogen-bond donors (Lipinski definition) is 0. The first-order chi connectivity index (χ1) is 10.3. The van der Waals surface area contributed by atoms with E-state index >= 15 is 0 Å². The maximum atomic E-state index is 11.9. The van der Waals surface area contributed by atoms with Crippen LogP contribution in [-0.4, -0.2) is 34.6 Å². The van der Waals surface area contributed by atoms with Crippen molar-refractivity contribution in [3.8, 4) is 0 Å². The number of hydrogen-bond acceptors (Lipinski definition) is 3. The van der Waals surface area contributed by atoms with Gasteiger partial charge in [0.25, 0.3) is 0 Å². The number of esters is 1. The number of likely N-dealkylation sites (tertiary alicyclic amines) is 1. The molecule has 0 saturated carbocycles. The summed E-state index contributed by atoms with van der Waals surface area (Å²) in [5, 5.41) is 0. The molecule has 0 aromatic rings. The molecule has 0 aliphatic carbocycles. The molecule has 0 bridgehead atoms. The molecular formula is C19H33NO2. The lowest BCUT2D eigenvalue weighted by molar-refractivity contribution is -0.170. The fourth-order valence-corrected chi connectivity index (χ4v) is 3.86. The molecule has 3 nitrogen and oxygen atoms in total. The van der Waals surface area contributed by atoms with Crippen LogP contribution in [-0.2, 0) is 9.53 Å². The Morgan fingerprint density at radius 2 is 2.00 bits per heavy atom. The minimum atomic E-state index is -0.228. The summed E-state index contributed by atoms with van der Waals surface area (Å²) in [6, 6.07) is 0. The van der Waals surface area contributed by atoms with Crippen LogP contribution < -0.4 is 0 Å². The summed E-state index contributed by atoms with van der Waals surface area (Å²) in [5.74, 6) is 0.0553. The molecule has 4 unspecified atom stereocenters. The number of rotatable bonds is 6. The van der Waals surface area contributed by atoms with Crippen LogP contribution in [0.5, 0.6) is 0 Å². The van der Waals surface area contributed by atoms with Gasteiger partial charge in [0, 0.05) is 36.0 Å². The minimum Gasteiger partial charge on any atom is -0.459 e. The molecule has 1 aliphatic rings. The van der Waals surface area contributed by atoms with Gasteiger partial charge in [-0.2, -0.15) is 0 Å². The molecule has 1 rings (SSSR count). The quantitative estimate of drug-likeness (QED) is 0.415. The van der Waals surface area contributed by atoms with Crippen molar-refractivity contribution in [2.75, 3.05) is 6.54 Å². The maximum Gasteiger partial charge on any atom is 0.330 e. The van der Waals surface area contributed by atoms with E-state index in [-0.39, 0.29) is 29.1 Å². The van der Waals surface area contributed by atoms with Crippen LogP contribution in [0.1, 0.15) is 60.8 Å². The highest BCUT2D eigenvalue weighted by Gasteiger charge is 2.53. The molecule has 126 valence electrons. The second kappa shape index (κ2) is 7.45. The van der Waals surface area contributed by atoms with Crippen LogP contribution in [0.3, 0.4) is 0 Å². The number of nitrogens with zero attached hydrogens (tertiary/aromatic N) is 1. The van der Waals surface area contributed by atoms with Crippen LogP contribution >= 0.6 is 0 Å². The lowest BCUT2D eigenvalue weighted by atomic mass is 9.68. The Labute approximate surface area is 136 Å². The maximum absolute atomic E-state index is 11.9. The largest absolute Gasteiger partial charge is 0.459 e. The van der Waals surface area contributed by atoms with Crippen molar-refractivity contribution in [3.05, 3.63) is 24.8 Å². The number of carbonyl (C=O) groups excluding carboxylic acids is 1. The second-order valence-electron chi connectivity index (χ2n) is 6.93. The SMILES string of the molecule is C=CCN1C(C)(CC)CC(OC(=O)C=CC)C(C)C1(C)CC. The van der Waals surface area contributed by atoms with Gasteiger partial charge in [-0.3, -0.25) is 4.90 Å². The van der Waals surface area contributed by atoms with Crippen molar-refractivity contribution in [1.29, 1.82) is 0 Å². The van der Waals surface area contributed by atoms with Crippen LogP contribution in [0.25, 0.3) is 0 Å². The predicted octanol–water partition coefficient (Wildman–Crippen LogP) is 4.34. The molecule has 0 amide bonds. The topological polar surface area (TPSA) is 29.5 Å². The molecule has 0 N–H and O–H groups in total. The Balaban J connectivity index is 3.16. The van der Waals surface area contributed by atoms with Gasteiger partial charge in [0.05, 0.1) is 0 Å². The molecule has 3 heteroatoms. The van der Waals surface area contributed by atoms with E-state index in [9.17, 15) is 4.79 Å². The van der Waals surface area contributed by atoms with E-state index in [1.807, 2.05) is 13.0 Å². The Morgan fingerprint density at radius 3 is 2.45 bits per heavy atom. The molecule has 0 spiro atoms. The molecule has 1 saturated heterocycles. The van der Waals surface area contributed by atoms with Gasteiger partial charge < -0.3 is 4.74 Å². The Kier molecular flexibility index (Phi) is 6.42. The van der Waals surface area contributed by atoms with E-state index < -0.39 is 0 Å². The molecule has 0 aromatic heterocycles. The van der Waals surface area contributed by atoms with E-state index in [4.69, 9.17) is 4.74 Å². The van der Waals surface area contributed by atoms with Gasteiger partial charge in [-0.25, -0.2) is 4.79 Å². The van der Waals surface area contributed by atoms with Crippen LogP contribution in [0.15, 0.2) is 24.8 Å². The zero-order valence-corrected chi connectivity index (χ0v) is 15.2. The van der Waals surface area contributed by atoms with Gasteiger partial charge in [-0.15, -0.1) is 6.58 Å². The van der Waals surface area contributed by atoms with E-state index in [1.165, 1.54) is 6.08 Å². The Morgan fingerprint density at radius 1 is 1.36 bits per heavy atom. The fraction of sp³-hybridized carbons (Fsp3) is 0.737. The lowest BCUT2D eigenvalue weighted by Gasteiger charge is -2.60. The van der Waals surface area contributed by atoms with Gasteiger partial charge in [-0.1, -0.05) is 32.9 Å². The Hall–Kier alpha value is -1.09. The third-order valence-electron chi connectivity index (χ3n) is 5.81. The predicted molar refractivity (Wildman–Crippen MR) is 92.8 cm³/mol. The van der Waals surface area contributed by atoms with Crippen molar-refractivity contribution < 1.29 is 9.53 Å². The van der Waals surface area contributed by atoms with Crippen LogP contribution in [0.4, 0.5) is 0 Å². The van der Waals surface area contributed by atoms with Crippen LogP contribution in [0.2, 0.25) is 0 Å². The van der Waals surface area contributed by atoms with Crippen molar-refractivity contribution >= 4 is 5.97 Å². The van der Waals surface area contributed by atoms with Gasteiger partial charge in [0.1, 0.15) is 6.10 Å². The highest BCUT2D eigenvalue weighted by molar-refractivity contribution is 5.82. The summed E-state index contributed by atoms with van der Waals surface area (Å²) in [6.07, 6.45) is 8.11. The number of allylic oxidation sites excluding steroid dienone is 1. The van der Waals surface area contributed by atoms with Gasteiger partial charge in [-0.05, 0) is 33.6 Å². The molecule has 0 aromatic carbocycles. The second-order valence-corrected chi connectivity index (χ2v) is 6.93. The molecule has 22 heavy (non-hydrogen) atoms. The molecule has 1 fully saturated rings. The molecule has 1 heterocycles. The lowest BCUT2D eigenvalue weighted by Crippen LogP contribution is -2.68. The average molecular weight is 307 g/mol. The first-order valence-corrected chi connectivity index (χ1v) is 8.51. The third-order valence-corrected chi connectivity index (χ3v) is 5.81. The zero-order valence-electron chi connectivity index (χ0n) is 15.2. The van der Waals surface area contributed by atoms with Crippen LogP contribution in [0, 0.1) is 5.92 Å². The summed E-state index contributed by atoms with van der Waals surface area (Å²) >= 11 is 0. The summed E-state index contributed by atoms with van der Waals surface area (Å²) in [6.45, 7) is 17.9. The van der Waals surface area contributed by atoms with E-state index in [0.29, 0.717) is 0 Å². The van der Waals surface area contributed by atoms with E-state index in [1.54, 1.807) is 6.08 Å². The highest BCUT2D eigenvalue weighted by atomic mass is 16.5. The molecule has 0 radical (unpaired) electrons. The average Bonchev–Trinajstić information content (AvgIpc) is 2.49. The molecule has 4 atom stereocenters. The highest BCUT2D eigenvalue weighted by Crippen LogP contribution is 2.46. The van der Waals surface area contributed by atoms with Gasteiger partial charge >= 0.3 is 5.97 Å². The van der Waals surface area contributed by atoms with Crippen molar-refractivity contribution in [3.63, 3.8) is 0 Å². The van der Waals surface area contributed by atoms with Gasteiger partial charge in [0.2, 0.25) is 0 Å². The Bertz CT molecular complexity index is 431. The van der Waals surface area contributed by atoms with Crippen molar-refractivity contribution in [2.45, 2.75) is 78.0 Å². The molecular weight excluding hydrogens is 274 g/mol. The van der Waals surface area contributed by atoms with E-state index in [0.717, 1.165) is 25.8 Å². The molecule has 1 aliphatic heterocycles. The monoisotopic (exact) mass is 307 g/mol. The summed E-state index contributed by atoms with van der Waals surface area (Å²) in [7, 11) is 0. The fourth-order valence-electron chi connectivity index (χ4n) is 3.86. The smallest absolute Gasteiger partial charge is 0.330 e. The normalized spacial score (nSPS) is 36.5. The van der Waals surface area contributed by atoms with Crippen molar-refractivity contribution in [1.82, 2.24) is 4.90 Å². The number of carbonyl (C=O) groups is 1. The summed E-state index contributed by atoms with van der Waals surface area (Å²) in [4.78, 5) is 14.5. The third kappa shape index (κ3) is 3.45. The zero-order chi connectivity index (χ0) is 17.0. The number of piperidine rings is 1. The summed E-state index contributed by atoms with van der Waals surface area (Å²) in [5.41, 5.74) is 0.0183. The first kappa shape index (κ1) is 19.0. The van der Waals surface area contributed by atoms with Gasteiger partial charge in [0.15, 0.2) is 0 Å². The van der Waals surface area contributed by atoms with E-state index in [2.05, 4.69) is 46.1 Å². The first-order valence-electron chi connectivity index (χ1n) is 8.51. The summed E-state index contributed by atoms with van der Waals surface area (Å²) < 4.78 is 5.79.